The molecule has 0 N–H and O–H groups in total. The van der Waals surface area contributed by atoms with E-state index in [-0.39, 0.29) is 11.8 Å². The molecule has 4 rings (SSSR count). The van der Waals surface area contributed by atoms with Crippen LogP contribution in [0.5, 0.6) is 5.75 Å². The van der Waals surface area contributed by atoms with Gasteiger partial charge in [0.25, 0.3) is 0 Å². The van der Waals surface area contributed by atoms with Crippen LogP contribution in [0.4, 0.5) is 0 Å². The largest absolute Gasteiger partial charge is 0.496 e. The summed E-state index contributed by atoms with van der Waals surface area (Å²) in [5.74, 6) is 1.37. The standard InChI is InChI=1S/C27H30N2O2/c1-31-26-17-6-5-14-23(26)25-16-8-15-24(28-25)22-13-9-19-29(20-22)27(30)18-7-12-21-10-3-2-4-11-21/h2-6,8,10-11,14-17,22H,7,9,12-13,18-20H2,1H3. The second-order valence-corrected chi connectivity index (χ2v) is 8.17. The van der Waals surface area contributed by atoms with Gasteiger partial charge in [-0.2, -0.15) is 0 Å². The van der Waals surface area contributed by atoms with E-state index in [1.807, 2.05) is 41.3 Å². The first-order valence-electron chi connectivity index (χ1n) is 11.2. The Balaban J connectivity index is 1.40. The number of piperidine rings is 1. The fourth-order valence-corrected chi connectivity index (χ4v) is 4.38. The highest BCUT2D eigenvalue weighted by molar-refractivity contribution is 5.76. The molecule has 1 atom stereocenters. The number of methoxy groups -OCH3 is 1. The molecule has 2 aromatic carbocycles. The summed E-state index contributed by atoms with van der Waals surface area (Å²) in [7, 11) is 1.69. The minimum atomic E-state index is 0.265. The van der Waals surface area contributed by atoms with E-state index >= 15 is 0 Å². The zero-order valence-corrected chi connectivity index (χ0v) is 18.2. The third kappa shape index (κ3) is 5.32. The molecule has 31 heavy (non-hydrogen) atoms. The van der Waals surface area contributed by atoms with Gasteiger partial charge < -0.3 is 9.64 Å². The summed E-state index contributed by atoms with van der Waals surface area (Å²) in [6.45, 7) is 1.61. The average molecular weight is 415 g/mol. The van der Waals surface area contributed by atoms with Crippen molar-refractivity contribution in [2.75, 3.05) is 20.2 Å². The number of rotatable bonds is 7. The number of para-hydroxylation sites is 1. The molecule has 0 aliphatic carbocycles. The van der Waals surface area contributed by atoms with Gasteiger partial charge >= 0.3 is 0 Å². The molecule has 0 saturated carbocycles. The van der Waals surface area contributed by atoms with Gasteiger partial charge in [-0.3, -0.25) is 9.78 Å². The monoisotopic (exact) mass is 414 g/mol. The van der Waals surface area contributed by atoms with Crippen LogP contribution in [0.2, 0.25) is 0 Å². The third-order valence-electron chi connectivity index (χ3n) is 6.04. The molecule has 4 nitrogen and oxygen atoms in total. The number of hydrogen-bond donors (Lipinski definition) is 0. The molecule has 3 aromatic rings. The van der Waals surface area contributed by atoms with Crippen LogP contribution in [0.15, 0.2) is 72.8 Å². The van der Waals surface area contributed by atoms with Crippen molar-refractivity contribution in [2.45, 2.75) is 38.0 Å². The highest BCUT2D eigenvalue weighted by Gasteiger charge is 2.25. The van der Waals surface area contributed by atoms with Crippen LogP contribution in [0.1, 0.15) is 42.9 Å². The quantitative estimate of drug-likeness (QED) is 0.514. The van der Waals surface area contributed by atoms with E-state index in [0.717, 1.165) is 61.5 Å². The first-order valence-corrected chi connectivity index (χ1v) is 11.2. The van der Waals surface area contributed by atoms with Gasteiger partial charge in [-0.15, -0.1) is 0 Å². The van der Waals surface area contributed by atoms with E-state index in [9.17, 15) is 4.79 Å². The number of carbonyl (C=O) groups excluding carboxylic acids is 1. The molecule has 1 saturated heterocycles. The van der Waals surface area contributed by atoms with Crippen LogP contribution in [0.25, 0.3) is 11.3 Å². The second kappa shape index (κ2) is 10.3. The molecular formula is C27H30N2O2. The van der Waals surface area contributed by atoms with Crippen molar-refractivity contribution in [2.24, 2.45) is 0 Å². The van der Waals surface area contributed by atoms with E-state index in [2.05, 4.69) is 36.4 Å². The molecule has 4 heteroatoms. The molecule has 1 aromatic heterocycles. The lowest BCUT2D eigenvalue weighted by Gasteiger charge is -2.32. The van der Waals surface area contributed by atoms with E-state index in [4.69, 9.17) is 9.72 Å². The van der Waals surface area contributed by atoms with Gasteiger partial charge in [0.1, 0.15) is 5.75 Å². The van der Waals surface area contributed by atoms with Crippen LogP contribution in [0.3, 0.4) is 0 Å². The van der Waals surface area contributed by atoms with Crippen molar-refractivity contribution < 1.29 is 9.53 Å². The predicted molar refractivity (Wildman–Crippen MR) is 124 cm³/mol. The van der Waals surface area contributed by atoms with Crippen LogP contribution in [0, 0.1) is 0 Å². The number of ether oxygens (including phenoxy) is 1. The van der Waals surface area contributed by atoms with Gasteiger partial charge in [0.15, 0.2) is 0 Å². The number of aryl methyl sites for hydroxylation is 1. The number of likely N-dealkylation sites (tertiary alicyclic amines) is 1. The van der Waals surface area contributed by atoms with Gasteiger partial charge in [0.05, 0.1) is 12.8 Å². The van der Waals surface area contributed by atoms with Gasteiger partial charge in [0, 0.05) is 36.7 Å². The van der Waals surface area contributed by atoms with Crippen molar-refractivity contribution in [1.29, 1.82) is 0 Å². The zero-order chi connectivity index (χ0) is 21.5. The summed E-state index contributed by atoms with van der Waals surface area (Å²) in [5, 5.41) is 0. The van der Waals surface area contributed by atoms with Gasteiger partial charge in [-0.05, 0) is 55.5 Å². The fourth-order valence-electron chi connectivity index (χ4n) is 4.38. The maximum Gasteiger partial charge on any atom is 0.222 e. The number of nitrogens with zero attached hydrogens (tertiary/aromatic N) is 2. The van der Waals surface area contributed by atoms with Gasteiger partial charge in [0.2, 0.25) is 5.91 Å². The SMILES string of the molecule is COc1ccccc1-c1cccc(C2CCCN(C(=O)CCCc3ccccc3)C2)n1. The predicted octanol–water partition coefficient (Wildman–Crippen LogP) is 5.49. The van der Waals surface area contributed by atoms with E-state index < -0.39 is 0 Å². The maximum atomic E-state index is 12.8. The Bertz CT molecular complexity index is 1000. The average Bonchev–Trinajstić information content (AvgIpc) is 2.85. The van der Waals surface area contributed by atoms with Crippen LogP contribution in [-0.4, -0.2) is 36.0 Å². The van der Waals surface area contributed by atoms with Gasteiger partial charge in [-0.25, -0.2) is 0 Å². The smallest absolute Gasteiger partial charge is 0.222 e. The Morgan fingerprint density at radius 3 is 2.68 bits per heavy atom. The minimum absolute atomic E-state index is 0.265. The Kier molecular flexibility index (Phi) is 6.98. The topological polar surface area (TPSA) is 42.4 Å². The fraction of sp³-hybridized carbons (Fsp3) is 0.333. The van der Waals surface area contributed by atoms with Crippen molar-refractivity contribution in [1.82, 2.24) is 9.88 Å². The number of pyridine rings is 1. The van der Waals surface area contributed by atoms with Crippen LogP contribution in [-0.2, 0) is 11.2 Å². The minimum Gasteiger partial charge on any atom is -0.496 e. The first kappa shape index (κ1) is 21.1. The van der Waals surface area contributed by atoms with Crippen molar-refractivity contribution in [3.63, 3.8) is 0 Å². The Morgan fingerprint density at radius 2 is 1.84 bits per heavy atom. The maximum absolute atomic E-state index is 12.8. The number of aromatic nitrogens is 1. The molecule has 160 valence electrons. The highest BCUT2D eigenvalue weighted by atomic mass is 16.5. The molecule has 1 amide bonds. The zero-order valence-electron chi connectivity index (χ0n) is 18.2. The molecular weight excluding hydrogens is 384 g/mol. The molecule has 1 unspecified atom stereocenters. The lowest BCUT2D eigenvalue weighted by atomic mass is 9.93. The number of benzene rings is 2. The number of carbonyl (C=O) groups is 1. The number of amides is 1. The molecule has 0 bridgehead atoms. The highest BCUT2D eigenvalue weighted by Crippen LogP contribution is 2.31. The molecule has 2 heterocycles. The summed E-state index contributed by atoms with van der Waals surface area (Å²) in [5.41, 5.74) is 4.27. The van der Waals surface area contributed by atoms with E-state index in [1.54, 1.807) is 7.11 Å². The van der Waals surface area contributed by atoms with Crippen molar-refractivity contribution >= 4 is 5.91 Å². The van der Waals surface area contributed by atoms with E-state index in [0.29, 0.717) is 6.42 Å². The second-order valence-electron chi connectivity index (χ2n) is 8.17. The summed E-state index contributed by atoms with van der Waals surface area (Å²) in [6, 6.07) is 24.5. The number of hydrogen-bond acceptors (Lipinski definition) is 3. The van der Waals surface area contributed by atoms with E-state index in [1.165, 1.54) is 5.56 Å². The first-order chi connectivity index (χ1) is 15.2. The van der Waals surface area contributed by atoms with Crippen LogP contribution >= 0.6 is 0 Å². The lowest BCUT2D eigenvalue weighted by Crippen LogP contribution is -2.39. The summed E-state index contributed by atoms with van der Waals surface area (Å²) >= 11 is 0. The summed E-state index contributed by atoms with van der Waals surface area (Å²) in [6.07, 6.45) is 4.54. The molecule has 0 radical (unpaired) electrons. The Hall–Kier alpha value is -3.14. The van der Waals surface area contributed by atoms with Crippen LogP contribution < -0.4 is 4.74 Å². The molecule has 0 spiro atoms. The molecule has 1 aliphatic heterocycles. The molecule has 1 fully saturated rings. The summed E-state index contributed by atoms with van der Waals surface area (Å²) in [4.78, 5) is 19.8. The van der Waals surface area contributed by atoms with Gasteiger partial charge in [-0.1, -0.05) is 48.5 Å². The van der Waals surface area contributed by atoms with Crippen molar-refractivity contribution in [3.05, 3.63) is 84.1 Å². The lowest BCUT2D eigenvalue weighted by molar-refractivity contribution is -0.132. The Morgan fingerprint density at radius 1 is 1.03 bits per heavy atom. The van der Waals surface area contributed by atoms with Crippen molar-refractivity contribution in [3.8, 4) is 17.0 Å². The molecule has 1 aliphatic rings. The Labute approximate surface area is 184 Å². The summed E-state index contributed by atoms with van der Waals surface area (Å²) < 4.78 is 5.51. The normalized spacial score (nSPS) is 16.2. The third-order valence-corrected chi connectivity index (χ3v) is 6.04.